The number of aryl methyl sites for hydroxylation is 1. The molecule has 0 spiro atoms. The third kappa shape index (κ3) is 7.66. The van der Waals surface area contributed by atoms with Crippen LogP contribution in [-0.2, 0) is 25.9 Å². The summed E-state index contributed by atoms with van der Waals surface area (Å²) < 4.78 is 40.6. The summed E-state index contributed by atoms with van der Waals surface area (Å²) in [7, 11) is -2.19. The molecular weight excluding hydrogens is 663 g/mol. The van der Waals surface area contributed by atoms with Gasteiger partial charge in [-0.15, -0.1) is 0 Å². The average molecular weight is 709 g/mol. The van der Waals surface area contributed by atoms with Crippen LogP contribution in [0.5, 0.6) is 0 Å². The van der Waals surface area contributed by atoms with Gasteiger partial charge in [0.25, 0.3) is 5.92 Å². The highest BCUT2D eigenvalue weighted by atomic mass is 28.4. The number of benzene rings is 1. The Kier molecular flexibility index (Phi) is 9.37. The number of fused-ring (bicyclic) bond motifs is 1. The minimum atomic E-state index is -2.86. The number of rotatable bonds is 8. The molecule has 1 fully saturated rings. The molecule has 268 valence electrons. The molecule has 1 aromatic carbocycles. The van der Waals surface area contributed by atoms with E-state index in [1.807, 2.05) is 13.0 Å². The van der Waals surface area contributed by atoms with Crippen LogP contribution in [0.4, 0.5) is 31.0 Å². The second kappa shape index (κ2) is 12.7. The number of anilines is 3. The molecule has 15 heteroatoms. The Hall–Kier alpha value is -4.42. The zero-order chi connectivity index (χ0) is 37.0. The molecule has 0 bridgehead atoms. The van der Waals surface area contributed by atoms with Crippen LogP contribution < -0.4 is 10.2 Å². The molecule has 1 saturated heterocycles. The number of nitrogens with zero attached hydrogens (tertiary/aromatic N) is 7. The zero-order valence-corrected chi connectivity index (χ0v) is 31.4. The molecule has 1 atom stereocenters. The topological polar surface area (TPSA) is 138 Å². The normalized spacial score (nSPS) is 18.7. The van der Waals surface area contributed by atoms with Gasteiger partial charge in [-0.1, -0.05) is 27.7 Å². The van der Waals surface area contributed by atoms with Crippen molar-refractivity contribution in [3.8, 4) is 17.3 Å². The molecule has 0 radical (unpaired) electrons. The lowest BCUT2D eigenvalue weighted by molar-refractivity contribution is -0.166. The molecule has 2 aromatic heterocycles. The van der Waals surface area contributed by atoms with Crippen LogP contribution in [0.15, 0.2) is 30.5 Å². The average Bonchev–Trinajstić information content (AvgIpc) is 3.48. The number of nitrogens with one attached hydrogen (secondary N) is 1. The van der Waals surface area contributed by atoms with E-state index in [2.05, 4.69) is 55.3 Å². The van der Waals surface area contributed by atoms with Crippen molar-refractivity contribution in [2.45, 2.75) is 97.0 Å². The van der Waals surface area contributed by atoms with E-state index in [0.29, 0.717) is 35.1 Å². The molecule has 3 aromatic rings. The highest BCUT2D eigenvalue weighted by Gasteiger charge is 2.48. The van der Waals surface area contributed by atoms with Crippen molar-refractivity contribution >= 4 is 37.8 Å². The van der Waals surface area contributed by atoms with Crippen LogP contribution in [0.2, 0.25) is 18.1 Å². The van der Waals surface area contributed by atoms with E-state index >= 15 is 0 Å². The Morgan fingerprint density at radius 3 is 2.38 bits per heavy atom. The second-order valence-electron chi connectivity index (χ2n) is 16.0. The number of aromatic nitrogens is 4. The number of alkyl halides is 2. The first-order valence-corrected chi connectivity index (χ1v) is 19.5. The number of carbonyl (C=O) groups is 2. The van der Waals surface area contributed by atoms with Crippen LogP contribution in [0, 0.1) is 18.3 Å². The Morgan fingerprint density at radius 2 is 1.78 bits per heavy atom. The fraction of sp³-hybridized carbons (Fsp3) is 0.543. The van der Waals surface area contributed by atoms with E-state index in [4.69, 9.17) is 14.1 Å². The number of halogens is 2. The lowest BCUT2D eigenvalue weighted by atomic mass is 9.83. The van der Waals surface area contributed by atoms with Gasteiger partial charge in [0.05, 0.1) is 35.7 Å². The predicted octanol–water partition coefficient (Wildman–Crippen LogP) is 6.78. The Balaban J connectivity index is 1.49. The molecule has 5 rings (SSSR count). The summed E-state index contributed by atoms with van der Waals surface area (Å²) in [5.74, 6) is -2.72. The van der Waals surface area contributed by atoms with Gasteiger partial charge in [-0.05, 0) is 69.6 Å². The second-order valence-corrected chi connectivity index (χ2v) is 20.8. The fourth-order valence-corrected chi connectivity index (χ4v) is 6.77. The van der Waals surface area contributed by atoms with Crippen LogP contribution in [-0.4, -0.2) is 82.7 Å². The summed E-state index contributed by atoms with van der Waals surface area (Å²) in [6.45, 7) is 19.2. The lowest BCUT2D eigenvalue weighted by Gasteiger charge is -2.39. The molecule has 0 saturated carbocycles. The smallest absolute Gasteiger partial charge is 0.414 e. The van der Waals surface area contributed by atoms with Crippen molar-refractivity contribution in [1.82, 2.24) is 24.6 Å². The number of likely N-dealkylation sites (tertiary alicyclic amines) is 1. The number of ether oxygens (including phenoxy) is 1. The Morgan fingerprint density at radius 1 is 1.10 bits per heavy atom. The number of hydrogen-bond acceptors (Lipinski definition) is 9. The summed E-state index contributed by atoms with van der Waals surface area (Å²) in [4.78, 5) is 37.9. The number of carbonyl (C=O) groups excluding carboxylic acids is 2. The molecule has 2 amide bonds. The third-order valence-electron chi connectivity index (χ3n) is 9.40. The number of hydrogen-bond donors (Lipinski definition) is 1. The van der Waals surface area contributed by atoms with Gasteiger partial charge in [0.2, 0.25) is 11.9 Å². The molecule has 4 heterocycles. The number of nitriles is 1. The quantitative estimate of drug-likeness (QED) is 0.251. The van der Waals surface area contributed by atoms with Crippen LogP contribution >= 0.6 is 0 Å². The van der Waals surface area contributed by atoms with Crippen LogP contribution in [0.1, 0.15) is 65.3 Å². The van der Waals surface area contributed by atoms with Crippen LogP contribution in [0.25, 0.3) is 11.3 Å². The van der Waals surface area contributed by atoms with Crippen molar-refractivity contribution in [2.75, 3.05) is 36.5 Å². The number of amides is 2. The van der Waals surface area contributed by atoms with Gasteiger partial charge in [-0.3, -0.25) is 9.69 Å². The summed E-state index contributed by atoms with van der Waals surface area (Å²) in [5, 5.41) is 17.8. The van der Waals surface area contributed by atoms with E-state index < -0.39 is 50.3 Å². The molecular formula is C35H46F2N8O4Si. The maximum absolute atomic E-state index is 13.6. The fourth-order valence-electron chi connectivity index (χ4n) is 5.66. The molecule has 0 unspecified atom stereocenters. The SMILES string of the molecule is Cc1cc(Nc2nccc(-c3cc(C#N)c4c(c3)[C@@](C)(CO[Si](C)(C)C(C)(C)C)CN4C(=O)OC(C)(C)C)n2)n(CC(=O)N2CC(F)(F)C2)n1. The highest BCUT2D eigenvalue weighted by molar-refractivity contribution is 6.74. The molecule has 50 heavy (non-hydrogen) atoms. The summed E-state index contributed by atoms with van der Waals surface area (Å²) in [6.07, 6.45) is 1.03. The first-order valence-electron chi connectivity index (χ1n) is 16.5. The maximum Gasteiger partial charge on any atom is 0.414 e. The van der Waals surface area contributed by atoms with Gasteiger partial charge in [-0.25, -0.2) is 28.2 Å². The van der Waals surface area contributed by atoms with E-state index in [0.717, 1.165) is 10.5 Å². The van der Waals surface area contributed by atoms with E-state index in [-0.39, 0.29) is 29.6 Å². The standard InChI is InChI=1S/C35H46F2N8O4Si/c1-22-13-27(45(42-22)17-28(46)43-19-35(36,37)20-43)41-30-39-12-11-26(40-30)23-14-24(16-38)29-25(15-23)34(8,21-48-50(9,10)33(5,6)7)18-44(29)31(47)49-32(2,3)4/h11-15H,17-21H2,1-10H3,(H,39,40,41)/t34-/m1/s1. The maximum atomic E-state index is 13.6. The Bertz CT molecular complexity index is 1850. The molecule has 2 aliphatic heterocycles. The molecule has 0 aliphatic carbocycles. The van der Waals surface area contributed by atoms with Gasteiger partial charge >= 0.3 is 6.09 Å². The van der Waals surface area contributed by atoms with Crippen molar-refractivity contribution < 1.29 is 27.5 Å². The van der Waals surface area contributed by atoms with Crippen molar-refractivity contribution in [1.29, 1.82) is 5.26 Å². The van der Waals surface area contributed by atoms with Crippen molar-refractivity contribution in [2.24, 2.45) is 0 Å². The van der Waals surface area contributed by atoms with Gasteiger partial charge in [0, 0.05) is 36.4 Å². The summed E-state index contributed by atoms with van der Waals surface area (Å²) in [5.41, 5.74) is 1.88. The third-order valence-corrected chi connectivity index (χ3v) is 13.9. The highest BCUT2D eigenvalue weighted by Crippen LogP contribution is 2.47. The minimum absolute atomic E-state index is 0.0373. The van der Waals surface area contributed by atoms with Crippen molar-refractivity contribution in [3.05, 3.63) is 47.3 Å². The zero-order valence-electron chi connectivity index (χ0n) is 30.4. The first kappa shape index (κ1) is 36.8. The van der Waals surface area contributed by atoms with Gasteiger partial charge in [0.1, 0.15) is 24.0 Å². The minimum Gasteiger partial charge on any atom is -0.443 e. The van der Waals surface area contributed by atoms with Crippen molar-refractivity contribution in [3.63, 3.8) is 0 Å². The predicted molar refractivity (Wildman–Crippen MR) is 188 cm³/mol. The van der Waals surface area contributed by atoms with Gasteiger partial charge in [-0.2, -0.15) is 10.4 Å². The van der Waals surface area contributed by atoms with E-state index in [9.17, 15) is 23.6 Å². The Labute approximate surface area is 292 Å². The molecule has 2 aliphatic rings. The van der Waals surface area contributed by atoms with Crippen LogP contribution in [0.3, 0.4) is 0 Å². The van der Waals surface area contributed by atoms with E-state index in [1.54, 1.807) is 52.1 Å². The van der Waals surface area contributed by atoms with Gasteiger partial charge < -0.3 is 19.4 Å². The molecule has 12 nitrogen and oxygen atoms in total. The largest absolute Gasteiger partial charge is 0.443 e. The molecule has 1 N–H and O–H groups in total. The summed E-state index contributed by atoms with van der Waals surface area (Å²) >= 11 is 0. The monoisotopic (exact) mass is 708 g/mol. The lowest BCUT2D eigenvalue weighted by Crippen LogP contribution is -2.59. The van der Waals surface area contributed by atoms with Gasteiger partial charge in [0.15, 0.2) is 8.32 Å². The summed E-state index contributed by atoms with van der Waals surface area (Å²) in [6, 6.07) is 9.35. The first-order chi connectivity index (χ1) is 23.0. The van der Waals surface area contributed by atoms with E-state index in [1.165, 1.54) is 9.58 Å².